The van der Waals surface area contributed by atoms with Crippen LogP contribution in [0.25, 0.3) is 11.2 Å². The molecule has 14 heteroatoms. The zero-order valence-electron chi connectivity index (χ0n) is 17.8. The number of allylic oxidation sites excluding steroid dienone is 1. The molecule has 0 bridgehead atoms. The summed E-state index contributed by atoms with van der Waals surface area (Å²) in [6.45, 7) is 1.38. The fourth-order valence-corrected chi connectivity index (χ4v) is 5.73. The highest BCUT2D eigenvalue weighted by molar-refractivity contribution is 9.10. The van der Waals surface area contributed by atoms with Crippen molar-refractivity contribution in [3.05, 3.63) is 52.4 Å². The molecular formula is C20H21BrClN6O5P. The number of aliphatic carboxylic acids is 1. The lowest BCUT2D eigenvalue weighted by Crippen LogP contribution is -2.33. The van der Waals surface area contributed by atoms with Crippen molar-refractivity contribution in [3.63, 3.8) is 0 Å². The first-order valence-electron chi connectivity index (χ1n) is 10.2. The van der Waals surface area contributed by atoms with Crippen LogP contribution >= 0.6 is 35.3 Å². The zero-order valence-corrected chi connectivity index (χ0v) is 21.1. The smallest absolute Gasteiger partial charge is 0.459 e. The Balaban J connectivity index is 1.47. The van der Waals surface area contributed by atoms with Crippen LogP contribution in [0.1, 0.15) is 19.4 Å². The average Bonchev–Trinajstić information content (AvgIpc) is 3.41. The van der Waals surface area contributed by atoms with Gasteiger partial charge in [-0.2, -0.15) is 15.1 Å². The summed E-state index contributed by atoms with van der Waals surface area (Å²) in [5, 5.41) is 11.9. The maximum absolute atomic E-state index is 13.4. The van der Waals surface area contributed by atoms with Crippen molar-refractivity contribution in [1.82, 2.24) is 24.6 Å². The second-order valence-electron chi connectivity index (χ2n) is 7.65. The minimum Gasteiger partial charge on any atom is -0.480 e. The number of rotatable bonds is 9. The number of halogens is 2. The van der Waals surface area contributed by atoms with Crippen LogP contribution in [0.5, 0.6) is 5.75 Å². The molecule has 0 saturated carbocycles. The van der Waals surface area contributed by atoms with Crippen molar-refractivity contribution < 1.29 is 23.5 Å². The minimum absolute atomic E-state index is 0.0264. The largest absolute Gasteiger partial charge is 0.480 e. The quantitative estimate of drug-likeness (QED) is 0.193. The molecule has 0 spiro atoms. The van der Waals surface area contributed by atoms with Crippen LogP contribution in [0.3, 0.4) is 0 Å². The third kappa shape index (κ3) is 5.42. The standard InChI is InChI=1S/C20H21BrClN6O5P/c1-11(19(29)30)27-34(31,33-15-5-3-2-4-14(15)21)32-9-12-6-7-13(8-12)28-10-24-16-17(22)25-20(23)26-18(16)28/h2-7,10-13H,8-9H2,1H3,(H,27,31)(H,29,30)(H2,23,25,26)/t11?,12-,13+,34?/m1/s1. The molecule has 11 nitrogen and oxygen atoms in total. The SMILES string of the molecule is CC(NP(=O)(OC[C@@H]1C=C[C@H](n2cnc3c(Cl)nc(N)nc32)C1)Oc1ccccc1Br)C(=O)O. The van der Waals surface area contributed by atoms with Gasteiger partial charge in [0.25, 0.3) is 0 Å². The molecule has 0 fully saturated rings. The Morgan fingerprint density at radius 1 is 1.41 bits per heavy atom. The Kier molecular flexibility index (Phi) is 7.25. The third-order valence-corrected chi connectivity index (χ3v) is 7.69. The summed E-state index contributed by atoms with van der Waals surface area (Å²) in [6.07, 6.45) is 6.08. The lowest BCUT2D eigenvalue weighted by molar-refractivity contribution is -0.138. The van der Waals surface area contributed by atoms with Gasteiger partial charge in [-0.15, -0.1) is 0 Å². The molecule has 3 aromatic rings. The van der Waals surface area contributed by atoms with Gasteiger partial charge < -0.3 is 19.9 Å². The highest BCUT2D eigenvalue weighted by Gasteiger charge is 2.34. The number of anilines is 1. The van der Waals surface area contributed by atoms with Crippen molar-refractivity contribution in [2.24, 2.45) is 5.92 Å². The van der Waals surface area contributed by atoms with E-state index in [1.54, 1.807) is 30.6 Å². The number of hydrogen-bond donors (Lipinski definition) is 3. The van der Waals surface area contributed by atoms with E-state index in [2.05, 4.69) is 36.0 Å². The Labute approximate surface area is 208 Å². The van der Waals surface area contributed by atoms with Gasteiger partial charge in [-0.05, 0) is 41.4 Å². The minimum atomic E-state index is -4.03. The number of nitrogens with zero attached hydrogens (tertiary/aromatic N) is 4. The molecule has 0 saturated heterocycles. The number of benzene rings is 1. The Morgan fingerprint density at radius 2 is 2.18 bits per heavy atom. The monoisotopic (exact) mass is 570 g/mol. The molecular weight excluding hydrogens is 551 g/mol. The summed E-state index contributed by atoms with van der Waals surface area (Å²) in [4.78, 5) is 23.8. The van der Waals surface area contributed by atoms with Crippen molar-refractivity contribution >= 4 is 58.4 Å². The molecule has 2 unspecified atom stereocenters. The third-order valence-electron chi connectivity index (χ3n) is 5.14. The lowest BCUT2D eigenvalue weighted by atomic mass is 10.1. The lowest BCUT2D eigenvalue weighted by Gasteiger charge is -2.23. The number of nitrogens with one attached hydrogen (secondary N) is 1. The van der Waals surface area contributed by atoms with Crippen molar-refractivity contribution in [1.29, 1.82) is 0 Å². The van der Waals surface area contributed by atoms with Gasteiger partial charge in [0.1, 0.15) is 17.3 Å². The Morgan fingerprint density at radius 3 is 2.91 bits per heavy atom. The first-order valence-corrected chi connectivity index (χ1v) is 12.9. The van der Waals surface area contributed by atoms with Crippen molar-refractivity contribution in [2.75, 3.05) is 12.3 Å². The van der Waals surface area contributed by atoms with Crippen LogP contribution in [0.4, 0.5) is 5.95 Å². The number of carboxylic acids is 1. The van der Waals surface area contributed by atoms with Gasteiger partial charge in [0.2, 0.25) is 5.95 Å². The molecule has 34 heavy (non-hydrogen) atoms. The molecule has 1 aliphatic carbocycles. The summed E-state index contributed by atoms with van der Waals surface area (Å²) in [5.74, 6) is -1.01. The van der Waals surface area contributed by atoms with E-state index in [0.29, 0.717) is 22.1 Å². The molecule has 0 aliphatic heterocycles. The van der Waals surface area contributed by atoms with Gasteiger partial charge in [0.15, 0.2) is 10.8 Å². The fraction of sp³-hybridized carbons (Fsp3) is 0.300. The molecule has 0 amide bonds. The average molecular weight is 572 g/mol. The number of nitrogen functional groups attached to an aromatic ring is 1. The molecule has 2 aromatic heterocycles. The van der Waals surface area contributed by atoms with E-state index < -0.39 is 19.8 Å². The van der Waals surface area contributed by atoms with Crippen LogP contribution in [-0.2, 0) is 13.9 Å². The summed E-state index contributed by atoms with van der Waals surface area (Å²) >= 11 is 9.44. The normalized spacial score (nSPS) is 20.3. The van der Waals surface area contributed by atoms with Crippen LogP contribution in [-0.4, -0.2) is 43.2 Å². The van der Waals surface area contributed by atoms with Crippen LogP contribution in [0, 0.1) is 5.92 Å². The molecule has 4 atom stereocenters. The molecule has 1 aliphatic rings. The van der Waals surface area contributed by atoms with Gasteiger partial charge in [-0.3, -0.25) is 9.32 Å². The van der Waals surface area contributed by atoms with Gasteiger partial charge >= 0.3 is 13.7 Å². The first kappa shape index (κ1) is 24.6. The molecule has 4 N–H and O–H groups in total. The summed E-state index contributed by atoms with van der Waals surface area (Å²) in [6, 6.07) is 5.51. The number of carbonyl (C=O) groups is 1. The van der Waals surface area contributed by atoms with Crippen molar-refractivity contribution in [2.45, 2.75) is 25.4 Å². The van der Waals surface area contributed by atoms with Crippen LogP contribution in [0.2, 0.25) is 5.15 Å². The first-order chi connectivity index (χ1) is 16.1. The summed E-state index contributed by atoms with van der Waals surface area (Å²) in [7, 11) is -4.03. The van der Waals surface area contributed by atoms with E-state index in [0.717, 1.165) is 0 Å². The van der Waals surface area contributed by atoms with Crippen LogP contribution in [0.15, 0.2) is 47.2 Å². The summed E-state index contributed by atoms with van der Waals surface area (Å²) in [5.41, 5.74) is 6.68. The highest BCUT2D eigenvalue weighted by Crippen LogP contribution is 2.47. The van der Waals surface area contributed by atoms with Gasteiger partial charge in [-0.25, -0.2) is 9.55 Å². The number of fused-ring (bicyclic) bond motifs is 1. The van der Waals surface area contributed by atoms with Gasteiger partial charge in [-0.1, -0.05) is 35.9 Å². The van der Waals surface area contributed by atoms with E-state index in [4.69, 9.17) is 26.4 Å². The molecule has 0 radical (unpaired) electrons. The zero-order chi connectivity index (χ0) is 24.5. The molecule has 180 valence electrons. The maximum atomic E-state index is 13.4. The number of aromatic nitrogens is 4. The summed E-state index contributed by atoms with van der Waals surface area (Å²) < 4.78 is 27.1. The highest BCUT2D eigenvalue weighted by atomic mass is 79.9. The number of carboxylic acid groups (broad SMARTS) is 1. The van der Waals surface area contributed by atoms with E-state index in [1.165, 1.54) is 6.92 Å². The van der Waals surface area contributed by atoms with Gasteiger partial charge in [0.05, 0.1) is 23.4 Å². The van der Waals surface area contributed by atoms with E-state index >= 15 is 0 Å². The topological polar surface area (TPSA) is 154 Å². The van der Waals surface area contributed by atoms with Crippen molar-refractivity contribution in [3.8, 4) is 5.75 Å². The molecule has 2 heterocycles. The van der Waals surface area contributed by atoms with Gasteiger partial charge in [0, 0.05) is 5.92 Å². The predicted octanol–water partition coefficient (Wildman–Crippen LogP) is 4.21. The Hall–Kier alpha value is -2.50. The van der Waals surface area contributed by atoms with E-state index in [9.17, 15) is 14.5 Å². The number of imidazole rings is 1. The predicted molar refractivity (Wildman–Crippen MR) is 130 cm³/mol. The number of hydrogen-bond acceptors (Lipinski definition) is 8. The molecule has 4 rings (SSSR count). The second kappa shape index (κ2) is 10.0. The van der Waals surface area contributed by atoms with Crippen LogP contribution < -0.4 is 15.3 Å². The van der Waals surface area contributed by atoms with E-state index in [1.807, 2.05) is 16.7 Å². The fourth-order valence-electron chi connectivity index (χ4n) is 3.45. The molecule has 1 aromatic carbocycles. The maximum Gasteiger partial charge on any atom is 0.459 e. The Bertz CT molecular complexity index is 1300. The van der Waals surface area contributed by atoms with E-state index in [-0.39, 0.29) is 35.4 Å². The number of nitrogens with two attached hydrogens (primary N) is 1. The second-order valence-corrected chi connectivity index (χ2v) is 10.6. The number of para-hydroxylation sites is 1.